The fourth-order valence-electron chi connectivity index (χ4n) is 6.10. The molecule has 4 heterocycles. The van der Waals surface area contributed by atoms with E-state index in [9.17, 15) is 8.42 Å². The molecule has 3 aliphatic rings. The molecule has 1 saturated carbocycles. The largest absolute Gasteiger partial charge is 0.493 e. The number of nitrogens with one attached hydrogen (secondary N) is 3. The maximum absolute atomic E-state index is 12.2. The average Bonchev–Trinajstić information content (AvgIpc) is 3.90. The zero-order valence-electron chi connectivity index (χ0n) is 26.4. The van der Waals surface area contributed by atoms with Crippen LogP contribution in [0, 0.1) is 0 Å². The third-order valence-corrected chi connectivity index (χ3v) is 11.1. The topological polar surface area (TPSA) is 137 Å². The Morgan fingerprint density at radius 1 is 1.02 bits per heavy atom. The van der Waals surface area contributed by atoms with E-state index < -0.39 is 10.0 Å². The Bertz CT molecular complexity index is 1830. The van der Waals surface area contributed by atoms with Crippen molar-refractivity contribution in [2.45, 2.75) is 24.5 Å². The lowest BCUT2D eigenvalue weighted by Gasteiger charge is -2.37. The van der Waals surface area contributed by atoms with E-state index in [0.717, 1.165) is 98.6 Å². The van der Waals surface area contributed by atoms with Crippen LogP contribution in [0.1, 0.15) is 19.3 Å². The van der Waals surface area contributed by atoms with Gasteiger partial charge >= 0.3 is 0 Å². The summed E-state index contributed by atoms with van der Waals surface area (Å²) in [6.45, 7) is 7.98. The SMILES string of the molecule is COc1cc2c(cc1OCCCN1CCOCC1)[nH]c1ncnc(N3CCN(C(=S)Nc4ccc(NS(=O)(=O)C5CC5)cc4)CC3)c12. The van der Waals surface area contributed by atoms with Crippen molar-refractivity contribution < 1.29 is 22.6 Å². The van der Waals surface area contributed by atoms with Gasteiger partial charge in [-0.05, 0) is 61.8 Å². The number of H-pyrrole nitrogens is 1. The van der Waals surface area contributed by atoms with Crippen molar-refractivity contribution in [3.63, 3.8) is 0 Å². The maximum atomic E-state index is 12.2. The van der Waals surface area contributed by atoms with Crippen LogP contribution in [-0.2, 0) is 14.8 Å². The lowest BCUT2D eigenvalue weighted by Crippen LogP contribution is -2.50. The van der Waals surface area contributed by atoms with Gasteiger partial charge in [0.1, 0.15) is 17.8 Å². The predicted molar refractivity (Wildman–Crippen MR) is 187 cm³/mol. The van der Waals surface area contributed by atoms with Gasteiger partial charge in [-0.15, -0.1) is 0 Å². The summed E-state index contributed by atoms with van der Waals surface area (Å²) >= 11 is 5.73. The highest BCUT2D eigenvalue weighted by atomic mass is 32.2. The molecule has 7 rings (SSSR count). The summed E-state index contributed by atoms with van der Waals surface area (Å²) in [6, 6.07) is 11.2. The number of anilines is 3. The zero-order chi connectivity index (χ0) is 32.4. The fraction of sp³-hybridized carbons (Fsp3) is 0.469. The number of fused-ring (bicyclic) bond motifs is 3. The van der Waals surface area contributed by atoms with Gasteiger partial charge in [-0.25, -0.2) is 18.4 Å². The van der Waals surface area contributed by atoms with Crippen molar-refractivity contribution in [1.29, 1.82) is 0 Å². The number of aromatic nitrogens is 3. The normalized spacial score (nSPS) is 17.6. The number of hydrogen-bond donors (Lipinski definition) is 3. The summed E-state index contributed by atoms with van der Waals surface area (Å²) in [6.07, 6.45) is 3.97. The highest BCUT2D eigenvalue weighted by molar-refractivity contribution is 7.93. The van der Waals surface area contributed by atoms with Crippen LogP contribution < -0.4 is 24.4 Å². The van der Waals surface area contributed by atoms with Gasteiger partial charge in [-0.1, -0.05) is 0 Å². The number of aromatic amines is 1. The number of ether oxygens (including phenoxy) is 3. The lowest BCUT2D eigenvalue weighted by atomic mass is 10.1. The first kappa shape index (κ1) is 31.7. The quantitative estimate of drug-likeness (QED) is 0.158. The van der Waals surface area contributed by atoms with Crippen molar-refractivity contribution >= 4 is 66.5 Å². The van der Waals surface area contributed by atoms with Gasteiger partial charge < -0.3 is 34.3 Å². The second-order valence-corrected chi connectivity index (χ2v) is 14.4. The Hall–Kier alpha value is -3.92. The molecule has 0 spiro atoms. The van der Waals surface area contributed by atoms with Gasteiger partial charge in [0, 0.05) is 68.6 Å². The number of methoxy groups -OCH3 is 1. The Kier molecular flexibility index (Phi) is 9.21. The van der Waals surface area contributed by atoms with Crippen LogP contribution >= 0.6 is 12.2 Å². The summed E-state index contributed by atoms with van der Waals surface area (Å²) < 4.78 is 44.5. The molecule has 1 aliphatic carbocycles. The highest BCUT2D eigenvalue weighted by Crippen LogP contribution is 2.38. The van der Waals surface area contributed by atoms with Crippen LogP contribution in [0.2, 0.25) is 0 Å². The van der Waals surface area contributed by atoms with Gasteiger partial charge in [0.25, 0.3) is 0 Å². The number of piperazine rings is 1. The molecule has 13 nitrogen and oxygen atoms in total. The Morgan fingerprint density at radius 2 is 1.77 bits per heavy atom. The van der Waals surface area contributed by atoms with Gasteiger partial charge in [0.15, 0.2) is 16.6 Å². The summed E-state index contributed by atoms with van der Waals surface area (Å²) in [5.41, 5.74) is 3.04. The monoisotopic (exact) mass is 680 g/mol. The standard InChI is InChI=1S/C32H40N8O5S2/c1-43-27-19-25-26(20-28(27)45-16-2-9-38-14-17-44-18-15-38)36-30-29(25)31(34-21-33-30)39-10-12-40(13-11-39)32(46)35-22-3-5-23(6-4-22)37-47(41,42)24-7-8-24/h3-6,19-21,24,37H,2,7-18H2,1H3,(H,35,46)(H,33,34,36). The smallest absolute Gasteiger partial charge is 0.235 e. The average molecular weight is 681 g/mol. The number of morpholine rings is 1. The first-order chi connectivity index (χ1) is 22.9. The van der Waals surface area contributed by atoms with Crippen molar-refractivity contribution in [1.82, 2.24) is 24.8 Å². The zero-order valence-corrected chi connectivity index (χ0v) is 28.0. The van der Waals surface area contributed by atoms with E-state index in [2.05, 4.69) is 34.7 Å². The molecule has 2 aromatic heterocycles. The van der Waals surface area contributed by atoms with E-state index in [1.807, 2.05) is 24.3 Å². The number of rotatable bonds is 11. The maximum Gasteiger partial charge on any atom is 0.235 e. The molecule has 4 aromatic rings. The molecule has 0 atom stereocenters. The second-order valence-electron chi connectivity index (χ2n) is 12.1. The van der Waals surface area contributed by atoms with Crippen molar-refractivity contribution in [3.8, 4) is 11.5 Å². The van der Waals surface area contributed by atoms with Gasteiger partial charge in [0.2, 0.25) is 10.0 Å². The van der Waals surface area contributed by atoms with E-state index in [4.69, 9.17) is 31.4 Å². The summed E-state index contributed by atoms with van der Waals surface area (Å²) in [5.74, 6) is 2.24. The van der Waals surface area contributed by atoms with Crippen molar-refractivity contribution in [2.75, 3.05) is 87.7 Å². The van der Waals surface area contributed by atoms with Gasteiger partial charge in [-0.2, -0.15) is 0 Å². The molecule has 2 aromatic carbocycles. The van der Waals surface area contributed by atoms with Crippen LogP contribution in [0.4, 0.5) is 17.2 Å². The highest BCUT2D eigenvalue weighted by Gasteiger charge is 2.35. The summed E-state index contributed by atoms with van der Waals surface area (Å²) in [5, 5.41) is 5.58. The van der Waals surface area contributed by atoms with Gasteiger partial charge in [0.05, 0.1) is 43.1 Å². The first-order valence-corrected chi connectivity index (χ1v) is 18.0. The minimum atomic E-state index is -3.29. The number of benzene rings is 2. The predicted octanol–water partition coefficient (Wildman–Crippen LogP) is 3.64. The molecule has 2 aliphatic heterocycles. The molecule has 250 valence electrons. The van der Waals surface area contributed by atoms with E-state index in [-0.39, 0.29) is 5.25 Å². The summed E-state index contributed by atoms with van der Waals surface area (Å²) in [7, 11) is -1.63. The Labute approximate surface area is 279 Å². The van der Waals surface area contributed by atoms with Crippen molar-refractivity contribution in [3.05, 3.63) is 42.7 Å². The van der Waals surface area contributed by atoms with E-state index in [1.54, 1.807) is 25.6 Å². The Balaban J connectivity index is 0.985. The van der Waals surface area contributed by atoms with Crippen molar-refractivity contribution in [2.24, 2.45) is 0 Å². The number of thiocarbonyl (C=S) groups is 1. The van der Waals surface area contributed by atoms with E-state index >= 15 is 0 Å². The minimum absolute atomic E-state index is 0.266. The molecule has 47 heavy (non-hydrogen) atoms. The molecule has 0 radical (unpaired) electrons. The third kappa shape index (κ3) is 7.17. The minimum Gasteiger partial charge on any atom is -0.493 e. The molecule has 0 amide bonds. The van der Waals surface area contributed by atoms with Crippen LogP contribution in [0.15, 0.2) is 42.7 Å². The number of sulfonamides is 1. The van der Waals surface area contributed by atoms with Gasteiger partial charge in [-0.3, -0.25) is 9.62 Å². The molecule has 3 fully saturated rings. The van der Waals surface area contributed by atoms with E-state index in [1.165, 1.54) is 0 Å². The van der Waals surface area contributed by atoms with Crippen LogP contribution in [0.5, 0.6) is 11.5 Å². The molecule has 2 saturated heterocycles. The molecule has 0 unspecified atom stereocenters. The number of nitrogens with zero attached hydrogens (tertiary/aromatic N) is 5. The molecular weight excluding hydrogens is 641 g/mol. The molecule has 0 bridgehead atoms. The second kappa shape index (κ2) is 13.7. The Morgan fingerprint density at radius 3 is 2.49 bits per heavy atom. The third-order valence-electron chi connectivity index (χ3n) is 8.86. The lowest BCUT2D eigenvalue weighted by molar-refractivity contribution is 0.0357. The van der Waals surface area contributed by atoms with Crippen LogP contribution in [-0.4, -0.2) is 116 Å². The number of hydrogen-bond acceptors (Lipinski definition) is 10. The fourth-order valence-corrected chi connectivity index (χ4v) is 7.78. The molecule has 3 N–H and O–H groups in total. The molecule has 15 heteroatoms. The first-order valence-electron chi connectivity index (χ1n) is 16.1. The van der Waals surface area contributed by atoms with Crippen LogP contribution in [0.3, 0.4) is 0 Å². The van der Waals surface area contributed by atoms with Crippen LogP contribution in [0.25, 0.3) is 21.9 Å². The van der Waals surface area contributed by atoms with E-state index in [0.29, 0.717) is 42.0 Å². The molecular formula is C32H40N8O5S2. The summed E-state index contributed by atoms with van der Waals surface area (Å²) in [4.78, 5) is 19.5.